The first kappa shape index (κ1) is 20.8. The summed E-state index contributed by atoms with van der Waals surface area (Å²) in [5, 5.41) is 5.79. The SMILES string of the molecule is Cc1nc(NC(=O)Nc2ccccc2)sc1C(=O)N1CCN(c2ccc(F)cc2)CC1. The van der Waals surface area contributed by atoms with Crippen molar-refractivity contribution >= 4 is 39.8 Å². The van der Waals surface area contributed by atoms with Gasteiger partial charge in [0.1, 0.15) is 10.7 Å². The van der Waals surface area contributed by atoms with E-state index in [4.69, 9.17) is 0 Å². The van der Waals surface area contributed by atoms with Crippen LogP contribution in [0.3, 0.4) is 0 Å². The molecule has 3 aromatic rings. The molecule has 1 aliphatic rings. The number of thiazole rings is 1. The van der Waals surface area contributed by atoms with E-state index in [1.54, 1.807) is 36.1 Å². The Kier molecular flexibility index (Phi) is 6.13. The maximum Gasteiger partial charge on any atom is 0.325 e. The Morgan fingerprint density at radius 1 is 0.968 bits per heavy atom. The first-order chi connectivity index (χ1) is 15.0. The van der Waals surface area contributed by atoms with Crippen molar-refractivity contribution in [2.75, 3.05) is 41.7 Å². The Morgan fingerprint density at radius 2 is 1.65 bits per heavy atom. The van der Waals surface area contributed by atoms with E-state index in [9.17, 15) is 14.0 Å². The van der Waals surface area contributed by atoms with Crippen molar-refractivity contribution in [2.45, 2.75) is 6.92 Å². The predicted octanol–water partition coefficient (Wildman–Crippen LogP) is 4.20. The molecule has 0 radical (unpaired) electrons. The van der Waals surface area contributed by atoms with Crippen LogP contribution in [0.25, 0.3) is 0 Å². The number of amides is 3. The highest BCUT2D eigenvalue weighted by atomic mass is 32.1. The fourth-order valence-corrected chi connectivity index (χ4v) is 4.32. The maximum atomic E-state index is 13.1. The van der Waals surface area contributed by atoms with Crippen molar-refractivity contribution in [2.24, 2.45) is 0 Å². The maximum absolute atomic E-state index is 13.1. The number of hydrogen-bond donors (Lipinski definition) is 2. The fourth-order valence-electron chi connectivity index (χ4n) is 3.39. The van der Waals surface area contributed by atoms with Crippen molar-refractivity contribution in [1.82, 2.24) is 9.88 Å². The Labute approximate surface area is 183 Å². The van der Waals surface area contributed by atoms with Gasteiger partial charge in [0.05, 0.1) is 5.69 Å². The average Bonchev–Trinajstić information content (AvgIpc) is 3.14. The van der Waals surface area contributed by atoms with Gasteiger partial charge >= 0.3 is 6.03 Å². The number of nitrogens with one attached hydrogen (secondary N) is 2. The van der Waals surface area contributed by atoms with Gasteiger partial charge in [-0.2, -0.15) is 0 Å². The number of aryl methyl sites for hydroxylation is 1. The summed E-state index contributed by atoms with van der Waals surface area (Å²) in [5.74, 6) is -0.356. The fraction of sp³-hybridized carbons (Fsp3) is 0.227. The summed E-state index contributed by atoms with van der Waals surface area (Å²) in [6.07, 6.45) is 0. The monoisotopic (exact) mass is 439 g/mol. The highest BCUT2D eigenvalue weighted by molar-refractivity contribution is 7.17. The van der Waals surface area contributed by atoms with Gasteiger partial charge in [0.15, 0.2) is 5.13 Å². The molecule has 0 bridgehead atoms. The van der Waals surface area contributed by atoms with Gasteiger partial charge in [0.2, 0.25) is 0 Å². The lowest BCUT2D eigenvalue weighted by Gasteiger charge is -2.36. The quantitative estimate of drug-likeness (QED) is 0.639. The van der Waals surface area contributed by atoms with E-state index in [-0.39, 0.29) is 11.7 Å². The van der Waals surface area contributed by atoms with Crippen LogP contribution in [0, 0.1) is 12.7 Å². The van der Waals surface area contributed by atoms with Crippen molar-refractivity contribution in [3.8, 4) is 0 Å². The Morgan fingerprint density at radius 3 is 2.32 bits per heavy atom. The van der Waals surface area contributed by atoms with Crippen LogP contribution in [0.4, 0.5) is 25.7 Å². The molecule has 0 aliphatic carbocycles. The number of para-hydroxylation sites is 1. The van der Waals surface area contributed by atoms with Crippen LogP contribution in [0.2, 0.25) is 0 Å². The van der Waals surface area contributed by atoms with Crippen LogP contribution in [0.15, 0.2) is 54.6 Å². The minimum Gasteiger partial charge on any atom is -0.368 e. The van der Waals surface area contributed by atoms with Crippen LogP contribution >= 0.6 is 11.3 Å². The molecule has 2 N–H and O–H groups in total. The molecule has 0 saturated carbocycles. The number of halogens is 1. The molecule has 7 nitrogen and oxygen atoms in total. The molecule has 0 spiro atoms. The summed E-state index contributed by atoms with van der Waals surface area (Å²) in [6, 6.07) is 15.1. The molecular weight excluding hydrogens is 417 g/mol. The van der Waals surface area contributed by atoms with Gasteiger partial charge in [0.25, 0.3) is 5.91 Å². The molecular formula is C22H22FN5O2S. The Balaban J connectivity index is 1.35. The van der Waals surface area contributed by atoms with Crippen molar-refractivity contribution in [1.29, 1.82) is 0 Å². The second-order valence-electron chi connectivity index (χ2n) is 7.13. The zero-order chi connectivity index (χ0) is 21.8. The highest BCUT2D eigenvalue weighted by Crippen LogP contribution is 2.25. The van der Waals surface area contributed by atoms with Gasteiger partial charge in [-0.3, -0.25) is 10.1 Å². The van der Waals surface area contributed by atoms with Gasteiger partial charge in [-0.25, -0.2) is 14.2 Å². The molecule has 1 aliphatic heterocycles. The largest absolute Gasteiger partial charge is 0.368 e. The Hall–Kier alpha value is -3.46. The van der Waals surface area contributed by atoms with Crippen LogP contribution in [0.5, 0.6) is 0 Å². The van der Waals surface area contributed by atoms with Gasteiger partial charge in [0, 0.05) is 37.6 Å². The molecule has 2 aromatic carbocycles. The number of carbonyl (C=O) groups excluding carboxylic acids is 2. The van der Waals surface area contributed by atoms with Crippen LogP contribution in [0.1, 0.15) is 15.4 Å². The van der Waals surface area contributed by atoms with Gasteiger partial charge in [-0.15, -0.1) is 0 Å². The lowest BCUT2D eigenvalue weighted by Crippen LogP contribution is -2.48. The van der Waals surface area contributed by atoms with Crippen LogP contribution in [-0.4, -0.2) is 48.0 Å². The second-order valence-corrected chi connectivity index (χ2v) is 8.13. The summed E-state index contributed by atoms with van der Waals surface area (Å²) in [5.41, 5.74) is 2.20. The molecule has 0 unspecified atom stereocenters. The highest BCUT2D eigenvalue weighted by Gasteiger charge is 2.26. The lowest BCUT2D eigenvalue weighted by molar-refractivity contribution is 0.0750. The van der Waals surface area contributed by atoms with Gasteiger partial charge < -0.3 is 15.1 Å². The number of urea groups is 1. The third-order valence-electron chi connectivity index (χ3n) is 5.00. The third-order valence-corrected chi connectivity index (χ3v) is 6.06. The number of nitrogens with zero attached hydrogens (tertiary/aromatic N) is 3. The summed E-state index contributed by atoms with van der Waals surface area (Å²) in [6.45, 7) is 4.22. The van der Waals surface area contributed by atoms with E-state index < -0.39 is 6.03 Å². The van der Waals surface area contributed by atoms with E-state index in [1.807, 2.05) is 18.2 Å². The van der Waals surface area contributed by atoms with E-state index >= 15 is 0 Å². The van der Waals surface area contributed by atoms with Gasteiger partial charge in [-0.05, 0) is 43.3 Å². The second kappa shape index (κ2) is 9.13. The molecule has 2 heterocycles. The number of rotatable bonds is 4. The summed E-state index contributed by atoms with van der Waals surface area (Å²) < 4.78 is 13.1. The number of anilines is 3. The molecule has 9 heteroatoms. The summed E-state index contributed by atoms with van der Waals surface area (Å²) in [4.78, 5) is 33.9. The molecule has 160 valence electrons. The number of aromatic nitrogens is 1. The summed E-state index contributed by atoms with van der Waals surface area (Å²) in [7, 11) is 0. The minimum absolute atomic E-state index is 0.0923. The normalized spacial score (nSPS) is 13.7. The van der Waals surface area contributed by atoms with Crippen LogP contribution < -0.4 is 15.5 Å². The van der Waals surface area contributed by atoms with E-state index in [1.165, 1.54) is 23.5 Å². The smallest absolute Gasteiger partial charge is 0.325 e. The minimum atomic E-state index is -0.410. The van der Waals surface area contributed by atoms with E-state index in [0.717, 1.165) is 5.69 Å². The van der Waals surface area contributed by atoms with E-state index in [2.05, 4.69) is 20.5 Å². The molecule has 1 aromatic heterocycles. The standard InChI is InChI=1S/C22H22FN5O2S/c1-15-19(31-22(24-15)26-21(30)25-17-5-3-2-4-6-17)20(29)28-13-11-27(12-14-28)18-9-7-16(23)8-10-18/h2-10H,11-14H2,1H3,(H2,24,25,26,30). The number of benzene rings is 2. The third kappa shape index (κ3) is 5.00. The van der Waals surface area contributed by atoms with Crippen molar-refractivity contribution < 1.29 is 14.0 Å². The molecule has 3 amide bonds. The predicted molar refractivity (Wildman–Crippen MR) is 120 cm³/mol. The first-order valence-corrected chi connectivity index (χ1v) is 10.7. The number of carbonyl (C=O) groups is 2. The molecule has 1 saturated heterocycles. The van der Waals surface area contributed by atoms with Crippen LogP contribution in [-0.2, 0) is 0 Å². The topological polar surface area (TPSA) is 77.6 Å². The van der Waals surface area contributed by atoms with Crippen molar-refractivity contribution in [3.63, 3.8) is 0 Å². The van der Waals surface area contributed by atoms with Gasteiger partial charge in [-0.1, -0.05) is 29.5 Å². The molecule has 4 rings (SSSR count). The summed E-state index contributed by atoms with van der Waals surface area (Å²) >= 11 is 1.17. The first-order valence-electron chi connectivity index (χ1n) is 9.90. The molecule has 0 atom stereocenters. The zero-order valence-corrected chi connectivity index (χ0v) is 17.8. The van der Waals surface area contributed by atoms with Crippen molar-refractivity contribution in [3.05, 3.63) is 71.0 Å². The molecule has 31 heavy (non-hydrogen) atoms. The average molecular weight is 440 g/mol. The lowest BCUT2D eigenvalue weighted by atomic mass is 10.2. The number of hydrogen-bond acceptors (Lipinski definition) is 5. The Bertz CT molecular complexity index is 1060. The molecule has 1 fully saturated rings. The van der Waals surface area contributed by atoms with E-state index in [0.29, 0.717) is 47.6 Å². The number of piperazine rings is 1. The zero-order valence-electron chi connectivity index (χ0n) is 17.0.